The molecule has 36 heavy (non-hydrogen) atoms. The van der Waals surface area contributed by atoms with Crippen molar-refractivity contribution >= 4 is 34.9 Å². The lowest BCUT2D eigenvalue weighted by atomic mass is 10.0. The minimum Gasteiger partial charge on any atom is -0.348 e. The van der Waals surface area contributed by atoms with E-state index in [2.05, 4.69) is 28.1 Å². The van der Waals surface area contributed by atoms with E-state index in [9.17, 15) is 9.18 Å². The quantitative estimate of drug-likeness (QED) is 0.393. The fourth-order valence-corrected chi connectivity index (χ4v) is 4.61. The van der Waals surface area contributed by atoms with Crippen molar-refractivity contribution in [2.45, 2.75) is 19.4 Å². The molecule has 1 aliphatic heterocycles. The molecule has 3 aromatic carbocycles. The Hall–Kier alpha value is -4.02. The van der Waals surface area contributed by atoms with Gasteiger partial charge in [0.25, 0.3) is 0 Å². The third-order valence-electron chi connectivity index (χ3n) is 6.48. The number of nitrogens with zero attached hydrogens (tertiary/aromatic N) is 5. The predicted molar refractivity (Wildman–Crippen MR) is 140 cm³/mol. The summed E-state index contributed by atoms with van der Waals surface area (Å²) < 4.78 is 13.4. The van der Waals surface area contributed by atoms with Crippen LogP contribution in [0.25, 0.3) is 22.0 Å². The number of nitriles is 1. The van der Waals surface area contributed by atoms with Crippen molar-refractivity contribution < 1.29 is 9.18 Å². The lowest BCUT2D eigenvalue weighted by molar-refractivity contribution is -0.131. The summed E-state index contributed by atoms with van der Waals surface area (Å²) in [5, 5.41) is 20.0. The molecule has 0 radical (unpaired) electrons. The molecule has 1 fully saturated rings. The summed E-state index contributed by atoms with van der Waals surface area (Å²) in [4.78, 5) is 17.0. The molecule has 0 aliphatic carbocycles. The zero-order valence-corrected chi connectivity index (χ0v) is 20.6. The van der Waals surface area contributed by atoms with Gasteiger partial charge in [0.05, 0.1) is 18.1 Å². The van der Waals surface area contributed by atoms with E-state index in [1.807, 2.05) is 41.3 Å². The first-order valence-electron chi connectivity index (χ1n) is 11.6. The van der Waals surface area contributed by atoms with Crippen LogP contribution in [0.15, 0.2) is 72.8 Å². The zero-order chi connectivity index (χ0) is 24.4. The number of benzene rings is 3. The lowest BCUT2D eigenvalue weighted by Crippen LogP contribution is -2.54. The number of halogens is 2. The van der Waals surface area contributed by atoms with Gasteiger partial charge in [-0.05, 0) is 48.9 Å². The number of carbonyl (C=O) groups is 1. The molecule has 6 nitrogen and oxygen atoms in total. The molecule has 5 rings (SSSR count). The Bertz CT molecular complexity index is 1420. The maximum atomic E-state index is 13.4. The maximum Gasteiger partial charge on any atom is 0.227 e. The van der Waals surface area contributed by atoms with E-state index in [0.29, 0.717) is 37.3 Å². The Kier molecular flexibility index (Phi) is 7.47. The van der Waals surface area contributed by atoms with Gasteiger partial charge in [-0.1, -0.05) is 36.4 Å². The molecule has 1 saturated heterocycles. The highest BCUT2D eigenvalue weighted by Gasteiger charge is 2.29. The van der Waals surface area contributed by atoms with Gasteiger partial charge in [0.1, 0.15) is 11.5 Å². The van der Waals surface area contributed by atoms with Gasteiger partial charge < -0.3 is 9.80 Å². The van der Waals surface area contributed by atoms with Gasteiger partial charge in [0.15, 0.2) is 5.82 Å². The Morgan fingerprint density at radius 2 is 1.69 bits per heavy atom. The lowest BCUT2D eigenvalue weighted by Gasteiger charge is -2.40. The summed E-state index contributed by atoms with van der Waals surface area (Å²) in [6, 6.07) is 23.6. The van der Waals surface area contributed by atoms with Crippen LogP contribution in [-0.2, 0) is 11.2 Å². The first-order valence-corrected chi connectivity index (χ1v) is 11.6. The van der Waals surface area contributed by atoms with Crippen LogP contribution >= 0.6 is 12.4 Å². The summed E-state index contributed by atoms with van der Waals surface area (Å²) in [5.74, 6) is 0.574. The minimum atomic E-state index is -0.289. The van der Waals surface area contributed by atoms with Crippen molar-refractivity contribution in [2.75, 3.05) is 24.5 Å². The molecule has 0 N–H and O–H groups in total. The molecular formula is C28H25ClFN5O. The summed E-state index contributed by atoms with van der Waals surface area (Å²) in [5.41, 5.74) is 3.01. The van der Waals surface area contributed by atoms with Crippen LogP contribution in [-0.4, -0.2) is 46.7 Å². The van der Waals surface area contributed by atoms with E-state index in [4.69, 9.17) is 5.26 Å². The molecule has 1 atom stereocenters. The van der Waals surface area contributed by atoms with Crippen molar-refractivity contribution in [2.24, 2.45) is 0 Å². The average molecular weight is 502 g/mol. The number of fused-ring (bicyclic) bond motifs is 1. The Labute approximate surface area is 215 Å². The molecule has 0 bridgehead atoms. The SMILES string of the molecule is C[C@H]1CN(C(=O)Cc2ccc(C#N)cc2)CCN1c1nnc(-c2ccc(F)cc2)c2ccccc12.Cl. The molecule has 2 heterocycles. The fraction of sp³-hybridized carbons (Fsp3) is 0.214. The second-order valence-electron chi connectivity index (χ2n) is 8.79. The molecule has 1 aromatic heterocycles. The highest BCUT2D eigenvalue weighted by Crippen LogP contribution is 2.33. The monoisotopic (exact) mass is 501 g/mol. The normalized spacial score (nSPS) is 15.3. The molecule has 4 aromatic rings. The van der Waals surface area contributed by atoms with Crippen LogP contribution in [0.4, 0.5) is 10.2 Å². The van der Waals surface area contributed by atoms with E-state index in [1.54, 1.807) is 24.3 Å². The molecule has 1 amide bonds. The topological polar surface area (TPSA) is 73.1 Å². The molecule has 0 spiro atoms. The van der Waals surface area contributed by atoms with Gasteiger partial charge >= 0.3 is 0 Å². The van der Waals surface area contributed by atoms with Gasteiger partial charge in [-0.3, -0.25) is 4.79 Å². The molecule has 1 aliphatic rings. The first-order chi connectivity index (χ1) is 17.0. The van der Waals surface area contributed by atoms with Crippen LogP contribution in [0.1, 0.15) is 18.1 Å². The number of rotatable bonds is 4. The summed E-state index contributed by atoms with van der Waals surface area (Å²) in [7, 11) is 0. The van der Waals surface area contributed by atoms with Gasteiger partial charge in [0.2, 0.25) is 5.91 Å². The van der Waals surface area contributed by atoms with Crippen LogP contribution in [0.3, 0.4) is 0 Å². The van der Waals surface area contributed by atoms with Crippen molar-refractivity contribution in [3.8, 4) is 17.3 Å². The largest absolute Gasteiger partial charge is 0.348 e. The first kappa shape index (κ1) is 25.1. The molecule has 182 valence electrons. The number of aromatic nitrogens is 2. The van der Waals surface area contributed by atoms with Crippen LogP contribution in [0.5, 0.6) is 0 Å². The number of carbonyl (C=O) groups excluding carboxylic acids is 1. The van der Waals surface area contributed by atoms with E-state index < -0.39 is 0 Å². The fourth-order valence-electron chi connectivity index (χ4n) is 4.61. The summed E-state index contributed by atoms with van der Waals surface area (Å²) in [6.07, 6.45) is 0.313. The molecule has 8 heteroatoms. The van der Waals surface area contributed by atoms with E-state index in [0.717, 1.165) is 27.7 Å². The molecular weight excluding hydrogens is 477 g/mol. The number of amides is 1. The van der Waals surface area contributed by atoms with E-state index >= 15 is 0 Å². The number of hydrogen-bond acceptors (Lipinski definition) is 5. The molecule has 0 saturated carbocycles. The Balaban J connectivity index is 0.00000304. The number of anilines is 1. The van der Waals surface area contributed by atoms with E-state index in [1.165, 1.54) is 12.1 Å². The standard InChI is InChI=1S/C28H24FN5O.ClH/c1-19-18-33(26(35)16-20-6-8-21(17-30)9-7-20)14-15-34(19)28-25-5-3-2-4-24(25)27(31-32-28)22-10-12-23(29)13-11-22;/h2-13,19H,14-16,18H2,1H3;1H/t19-;/m0./s1. The van der Waals surface area contributed by atoms with Crippen molar-refractivity contribution in [1.82, 2.24) is 15.1 Å². The highest BCUT2D eigenvalue weighted by atomic mass is 35.5. The van der Waals surface area contributed by atoms with Crippen LogP contribution in [0, 0.1) is 17.1 Å². The predicted octanol–water partition coefficient (Wildman–Crippen LogP) is 5.01. The van der Waals surface area contributed by atoms with Crippen LogP contribution in [0.2, 0.25) is 0 Å². The molecule has 0 unspecified atom stereocenters. The van der Waals surface area contributed by atoms with Gasteiger partial charge in [-0.15, -0.1) is 22.6 Å². The second-order valence-corrected chi connectivity index (χ2v) is 8.79. The Morgan fingerprint density at radius 3 is 2.36 bits per heavy atom. The summed E-state index contributed by atoms with van der Waals surface area (Å²) in [6.45, 7) is 3.92. The van der Waals surface area contributed by atoms with Gasteiger partial charge in [-0.2, -0.15) is 5.26 Å². The average Bonchev–Trinajstić information content (AvgIpc) is 2.89. The van der Waals surface area contributed by atoms with Gasteiger partial charge in [-0.25, -0.2) is 4.39 Å². The third kappa shape index (κ3) is 5.00. The Morgan fingerprint density at radius 1 is 1.00 bits per heavy atom. The van der Waals surface area contributed by atoms with Gasteiger partial charge in [0, 0.05) is 42.0 Å². The minimum absolute atomic E-state index is 0. The highest BCUT2D eigenvalue weighted by molar-refractivity contribution is 6.00. The second kappa shape index (κ2) is 10.7. The van der Waals surface area contributed by atoms with Crippen molar-refractivity contribution in [3.63, 3.8) is 0 Å². The van der Waals surface area contributed by atoms with Crippen molar-refractivity contribution in [1.29, 1.82) is 5.26 Å². The van der Waals surface area contributed by atoms with Crippen LogP contribution < -0.4 is 4.90 Å². The number of hydrogen-bond donors (Lipinski definition) is 0. The zero-order valence-electron chi connectivity index (χ0n) is 19.8. The summed E-state index contributed by atoms with van der Waals surface area (Å²) >= 11 is 0. The van der Waals surface area contributed by atoms with E-state index in [-0.39, 0.29) is 30.2 Å². The van der Waals surface area contributed by atoms with Crippen molar-refractivity contribution in [3.05, 3.63) is 89.7 Å². The maximum absolute atomic E-state index is 13.4. The number of piperazine rings is 1. The third-order valence-corrected chi connectivity index (χ3v) is 6.48. The smallest absolute Gasteiger partial charge is 0.227 e.